The molecule has 90 valence electrons. The number of nitrogen functional groups attached to an aromatic ring is 1. The minimum Gasteiger partial charge on any atom is -0.397 e. The summed E-state index contributed by atoms with van der Waals surface area (Å²) in [6, 6.07) is 1.24. The number of ether oxygens (including phenoxy) is 1. The maximum Gasteiger partial charge on any atom is 0.341 e. The molecule has 0 aliphatic rings. The van der Waals surface area contributed by atoms with Crippen molar-refractivity contribution < 1.29 is 9.66 Å². The van der Waals surface area contributed by atoms with Gasteiger partial charge in [0.05, 0.1) is 16.1 Å². The molecule has 0 atom stereocenters. The molecule has 17 heavy (non-hydrogen) atoms. The Hall–Kier alpha value is -2.29. The average Bonchev–Trinajstić information content (AvgIpc) is 2.30. The molecule has 2 rings (SSSR count). The van der Waals surface area contributed by atoms with Crippen molar-refractivity contribution >= 4 is 17.3 Å². The second-order valence-electron chi connectivity index (χ2n) is 3.06. The molecule has 10 heteroatoms. The molecule has 0 saturated heterocycles. The van der Waals surface area contributed by atoms with Crippen molar-refractivity contribution in [2.24, 2.45) is 7.05 Å². The summed E-state index contributed by atoms with van der Waals surface area (Å²) in [6.45, 7) is 0. The molecule has 2 aromatic rings. The molecule has 0 saturated carbocycles. The number of aromatic nitrogens is 4. The summed E-state index contributed by atoms with van der Waals surface area (Å²) >= 11 is 5.61. The highest BCUT2D eigenvalue weighted by molar-refractivity contribution is 6.30. The third kappa shape index (κ3) is 1.99. The first-order valence-corrected chi connectivity index (χ1v) is 4.71. The number of nitrogens with two attached hydrogens (primary N) is 1. The van der Waals surface area contributed by atoms with Crippen molar-refractivity contribution in [3.05, 3.63) is 27.4 Å². The van der Waals surface area contributed by atoms with Gasteiger partial charge in [0.1, 0.15) is 0 Å². The molecule has 0 amide bonds. The van der Waals surface area contributed by atoms with Crippen LogP contribution in [0.5, 0.6) is 11.9 Å². The minimum atomic E-state index is -0.645. The van der Waals surface area contributed by atoms with Crippen LogP contribution in [0.4, 0.5) is 5.69 Å². The van der Waals surface area contributed by atoms with Crippen molar-refractivity contribution in [2.45, 2.75) is 0 Å². The van der Waals surface area contributed by atoms with E-state index < -0.39 is 4.92 Å². The monoisotopic (exact) mass is 258 g/mol. The smallest absolute Gasteiger partial charge is 0.341 e. The zero-order valence-corrected chi connectivity index (χ0v) is 9.33. The lowest BCUT2D eigenvalue weighted by Gasteiger charge is -2.15. The van der Waals surface area contributed by atoms with Gasteiger partial charge < -0.3 is 10.6 Å². The Kier molecular flexibility index (Phi) is 2.60. The van der Waals surface area contributed by atoms with Gasteiger partial charge in [0, 0.05) is 13.1 Å². The Bertz CT molecular complexity index is 576. The van der Waals surface area contributed by atoms with Gasteiger partial charge in [-0.05, 0) is 0 Å². The molecule has 0 fully saturated rings. The normalized spacial score (nSPS) is 10.5. The van der Waals surface area contributed by atoms with E-state index in [1.807, 2.05) is 0 Å². The number of pyridine rings is 1. The van der Waals surface area contributed by atoms with Crippen molar-refractivity contribution in [1.82, 2.24) is 19.7 Å². The summed E-state index contributed by atoms with van der Waals surface area (Å²) in [5.74, 6) is 5.11. The van der Waals surface area contributed by atoms with Gasteiger partial charge in [-0.25, -0.2) is 9.67 Å². The first-order valence-electron chi connectivity index (χ1n) is 4.34. The zero-order valence-electron chi connectivity index (χ0n) is 8.57. The van der Waals surface area contributed by atoms with Crippen LogP contribution in [0.2, 0.25) is 5.02 Å². The average molecular weight is 259 g/mol. The maximum atomic E-state index is 10.7. The first kappa shape index (κ1) is 11.2. The summed E-state index contributed by atoms with van der Waals surface area (Å²) in [6.07, 6.45) is 1.24. The van der Waals surface area contributed by atoms with E-state index in [1.54, 1.807) is 7.05 Å². The Morgan fingerprint density at radius 1 is 1.65 bits per heavy atom. The van der Waals surface area contributed by atoms with Crippen LogP contribution in [-0.4, -0.2) is 24.6 Å². The lowest BCUT2D eigenvalue weighted by molar-refractivity contribution is -0.386. The van der Waals surface area contributed by atoms with Crippen LogP contribution in [0.1, 0.15) is 0 Å². The number of halogens is 1. The van der Waals surface area contributed by atoms with Crippen molar-refractivity contribution in [2.75, 3.05) is 5.84 Å². The van der Waals surface area contributed by atoms with Crippen LogP contribution in [0.25, 0.3) is 0 Å². The summed E-state index contributed by atoms with van der Waals surface area (Å²) in [4.78, 5) is 14.8. The lowest BCUT2D eigenvalue weighted by atomic mass is 10.4. The molecule has 0 aliphatic heterocycles. The Morgan fingerprint density at radius 2 is 2.35 bits per heavy atom. The minimum absolute atomic E-state index is 0.102. The van der Waals surface area contributed by atoms with Gasteiger partial charge in [0.15, 0.2) is 0 Å². The molecular formula is C7H7ClN6O3. The van der Waals surface area contributed by atoms with E-state index in [1.165, 1.54) is 10.9 Å². The molecular weight excluding hydrogens is 252 g/mol. The highest BCUT2D eigenvalue weighted by Crippen LogP contribution is 2.30. The molecule has 2 N–H and O–H groups in total. The fourth-order valence-electron chi connectivity index (χ4n) is 1.07. The third-order valence-electron chi connectivity index (χ3n) is 1.96. The Labute approximate surface area is 99.4 Å². The predicted octanol–water partition coefficient (Wildman–Crippen LogP) is 0.684. The number of hydrogen-bond acceptors (Lipinski definition) is 6. The van der Waals surface area contributed by atoms with Gasteiger partial charge in [-0.15, -0.1) is 4.91 Å². The van der Waals surface area contributed by atoms with E-state index in [4.69, 9.17) is 22.2 Å². The number of nitrogens with zero attached hydrogens (tertiary/aromatic N) is 5. The summed E-state index contributed by atoms with van der Waals surface area (Å²) < 4.78 is 6.47. The van der Waals surface area contributed by atoms with Gasteiger partial charge in [0.25, 0.3) is 0 Å². The molecule has 9 nitrogen and oxygen atoms in total. The third-order valence-corrected chi connectivity index (χ3v) is 2.16. The fourth-order valence-corrected chi connectivity index (χ4v) is 1.22. The highest BCUT2D eigenvalue weighted by atomic mass is 35.5. The summed E-state index contributed by atoms with van der Waals surface area (Å²) in [5, 5.41) is 14.5. The van der Waals surface area contributed by atoms with Crippen molar-refractivity contribution in [3.8, 4) is 11.9 Å². The maximum absolute atomic E-state index is 10.7. The lowest BCUT2D eigenvalue weighted by Crippen LogP contribution is -2.31. The zero-order chi connectivity index (χ0) is 12.6. The van der Waals surface area contributed by atoms with E-state index in [0.717, 1.165) is 11.0 Å². The largest absolute Gasteiger partial charge is 0.397 e. The Balaban J connectivity index is 2.34. The van der Waals surface area contributed by atoms with Gasteiger partial charge >= 0.3 is 17.6 Å². The Morgan fingerprint density at radius 3 is 2.88 bits per heavy atom. The quantitative estimate of drug-likeness (QED) is 0.492. The van der Waals surface area contributed by atoms with Crippen LogP contribution in [0.3, 0.4) is 0 Å². The van der Waals surface area contributed by atoms with Crippen LogP contribution in [0, 0.1) is 10.1 Å². The number of hydrogen-bond donors (Lipinski definition) is 1. The van der Waals surface area contributed by atoms with E-state index in [0.29, 0.717) is 0 Å². The van der Waals surface area contributed by atoms with E-state index >= 15 is 0 Å². The SMILES string of the molecule is Cn1c(Oc2ncc(Cl)cc2[N+](=O)[O-])nn1N. The molecule has 0 spiro atoms. The first-order chi connectivity index (χ1) is 7.99. The molecule has 0 unspecified atom stereocenters. The predicted molar refractivity (Wildman–Crippen MR) is 57.3 cm³/mol. The second-order valence-corrected chi connectivity index (χ2v) is 3.50. The fraction of sp³-hybridized carbons (Fsp3) is 0.143. The van der Waals surface area contributed by atoms with Crippen LogP contribution < -0.4 is 10.6 Å². The molecule has 2 heterocycles. The molecule has 0 aliphatic carbocycles. The summed E-state index contributed by atoms with van der Waals surface area (Å²) in [7, 11) is 1.57. The molecule has 2 aromatic heterocycles. The van der Waals surface area contributed by atoms with E-state index in [2.05, 4.69) is 10.1 Å². The number of rotatable bonds is 3. The second kappa shape index (κ2) is 3.94. The van der Waals surface area contributed by atoms with Gasteiger partial charge in [-0.2, -0.15) is 0 Å². The van der Waals surface area contributed by atoms with Gasteiger partial charge in [0.2, 0.25) is 0 Å². The van der Waals surface area contributed by atoms with Crippen LogP contribution in [-0.2, 0) is 7.05 Å². The number of nitro groups is 1. The standard InChI is InChI=1S/C7H7ClN6O3/c1-12-7(11-14(12)9)17-6-5(13(15)16)2-4(8)3-10-6/h2-3H,9H2,1H3. The van der Waals surface area contributed by atoms with E-state index in [-0.39, 0.29) is 22.6 Å². The molecule has 0 aromatic carbocycles. The topological polar surface area (TPSA) is 114 Å². The van der Waals surface area contributed by atoms with E-state index in [9.17, 15) is 10.1 Å². The van der Waals surface area contributed by atoms with Crippen LogP contribution >= 0.6 is 11.6 Å². The highest BCUT2D eigenvalue weighted by Gasteiger charge is 2.21. The van der Waals surface area contributed by atoms with Gasteiger partial charge in [-0.1, -0.05) is 16.7 Å². The molecule has 0 radical (unpaired) electrons. The van der Waals surface area contributed by atoms with Crippen LogP contribution in [0.15, 0.2) is 12.3 Å². The van der Waals surface area contributed by atoms with Crippen molar-refractivity contribution in [1.29, 1.82) is 0 Å². The molecule has 0 bridgehead atoms. The summed E-state index contributed by atoms with van der Waals surface area (Å²) in [5.41, 5.74) is -0.343. The van der Waals surface area contributed by atoms with Gasteiger partial charge in [-0.3, -0.25) is 10.1 Å². The van der Waals surface area contributed by atoms with Crippen molar-refractivity contribution in [3.63, 3.8) is 0 Å².